The zero-order valence-corrected chi connectivity index (χ0v) is 16.2. The Morgan fingerprint density at radius 1 is 0.727 bits per heavy atom. The van der Waals surface area contributed by atoms with Crippen molar-refractivity contribution in [3.8, 4) is 0 Å². The molecular weight excluding hydrogens is 296 g/mol. The molecule has 22 heavy (non-hydrogen) atoms. The molecule has 0 spiro atoms. The average Bonchev–Trinajstić information content (AvgIpc) is 2.56. The molecule has 1 atom stereocenters. The van der Waals surface area contributed by atoms with Crippen molar-refractivity contribution in [1.82, 2.24) is 0 Å². The fourth-order valence-corrected chi connectivity index (χ4v) is 5.29. The summed E-state index contributed by atoms with van der Waals surface area (Å²) in [7, 11) is 2.14. The molecule has 0 aliphatic carbocycles. The molecule has 0 saturated carbocycles. The van der Waals surface area contributed by atoms with Crippen LogP contribution < -0.4 is 0 Å². The van der Waals surface area contributed by atoms with Crippen molar-refractivity contribution in [3.05, 3.63) is 0 Å². The van der Waals surface area contributed by atoms with E-state index in [1.165, 1.54) is 57.8 Å². The molecule has 0 aromatic carbocycles. The molecule has 0 saturated heterocycles. The maximum absolute atomic E-state index is 9.59. The van der Waals surface area contributed by atoms with E-state index in [1.54, 1.807) is 21.3 Å². The van der Waals surface area contributed by atoms with Crippen LogP contribution in [0.1, 0.15) is 77.6 Å². The first kappa shape index (κ1) is 22.1. The summed E-state index contributed by atoms with van der Waals surface area (Å²) in [5.41, 5.74) is -0.0125. The Morgan fingerprint density at radius 3 is 1.50 bits per heavy atom. The second kappa shape index (κ2) is 14.6. The molecule has 5 heteroatoms. The molecule has 0 heterocycles. The van der Waals surface area contributed by atoms with Crippen molar-refractivity contribution in [1.29, 1.82) is 0 Å². The summed E-state index contributed by atoms with van der Waals surface area (Å²) in [6.45, 7) is 2.33. The van der Waals surface area contributed by atoms with Gasteiger partial charge in [0.15, 0.2) is 0 Å². The lowest BCUT2D eigenvalue weighted by atomic mass is 10.1. The van der Waals surface area contributed by atoms with Crippen LogP contribution in [0.15, 0.2) is 0 Å². The quantitative estimate of drug-likeness (QED) is 0.332. The summed E-state index contributed by atoms with van der Waals surface area (Å²) in [5, 5.41) is 9.59. The van der Waals surface area contributed by atoms with Crippen LogP contribution >= 0.6 is 0 Å². The van der Waals surface area contributed by atoms with Crippen molar-refractivity contribution in [2.45, 2.75) is 83.1 Å². The molecule has 0 aromatic rings. The van der Waals surface area contributed by atoms with Gasteiger partial charge in [-0.1, -0.05) is 71.1 Å². The van der Waals surface area contributed by atoms with Crippen molar-refractivity contribution >= 4 is 8.80 Å². The lowest BCUT2D eigenvalue weighted by molar-refractivity contribution is 0.0958. The summed E-state index contributed by atoms with van der Waals surface area (Å²) < 4.78 is 16.4. The first-order valence-corrected chi connectivity index (χ1v) is 10.8. The van der Waals surface area contributed by atoms with Crippen molar-refractivity contribution in [3.63, 3.8) is 0 Å². The van der Waals surface area contributed by atoms with Crippen LogP contribution in [0.5, 0.6) is 0 Å². The molecule has 0 aliphatic rings. The third-order valence-electron chi connectivity index (χ3n) is 4.48. The summed E-state index contributed by atoms with van der Waals surface area (Å²) in [6.07, 6.45) is 14.1. The molecule has 1 N–H and O–H groups in total. The highest BCUT2D eigenvalue weighted by molar-refractivity contribution is 6.62. The number of aliphatic hydroxyl groups excluding tert-OH is 1. The topological polar surface area (TPSA) is 47.9 Å². The molecule has 0 aliphatic heterocycles. The van der Waals surface area contributed by atoms with Gasteiger partial charge in [-0.25, -0.2) is 0 Å². The first-order valence-electron chi connectivity index (χ1n) is 8.97. The molecule has 0 radical (unpaired) electrons. The van der Waals surface area contributed by atoms with E-state index in [9.17, 15) is 5.11 Å². The third-order valence-corrected chi connectivity index (χ3v) is 7.66. The van der Waals surface area contributed by atoms with Crippen molar-refractivity contribution < 1.29 is 18.4 Å². The van der Waals surface area contributed by atoms with Crippen molar-refractivity contribution in [2.75, 3.05) is 27.9 Å². The zero-order valence-electron chi connectivity index (χ0n) is 15.2. The molecule has 0 bridgehead atoms. The number of hydrogen-bond donors (Lipinski definition) is 1. The minimum Gasteiger partial charge on any atom is -0.396 e. The van der Waals surface area contributed by atoms with E-state index < -0.39 is 8.80 Å². The average molecular weight is 335 g/mol. The Labute approximate surface area is 138 Å². The van der Waals surface area contributed by atoms with Gasteiger partial charge in [-0.05, 0) is 6.42 Å². The molecular formula is C17H38O4Si. The zero-order chi connectivity index (χ0) is 16.7. The van der Waals surface area contributed by atoms with Gasteiger partial charge < -0.3 is 18.4 Å². The van der Waals surface area contributed by atoms with Gasteiger partial charge in [0.05, 0.1) is 12.1 Å². The normalized spacial score (nSPS) is 13.5. The van der Waals surface area contributed by atoms with E-state index in [0.29, 0.717) is 0 Å². The lowest BCUT2D eigenvalue weighted by Crippen LogP contribution is -2.49. The number of hydrogen-bond acceptors (Lipinski definition) is 4. The smallest absolute Gasteiger partial charge is 0.396 e. The Bertz CT molecular complexity index is 226. The Hall–Kier alpha value is 0.0569. The highest BCUT2D eigenvalue weighted by Gasteiger charge is 2.46. The molecule has 134 valence electrons. The third kappa shape index (κ3) is 8.63. The monoisotopic (exact) mass is 334 g/mol. The van der Waals surface area contributed by atoms with E-state index in [2.05, 4.69) is 6.92 Å². The molecule has 0 fully saturated rings. The van der Waals surface area contributed by atoms with Gasteiger partial charge in [0.1, 0.15) is 0 Å². The SMILES string of the molecule is CCCCCCCCCCCCC(CO)[Si](OC)(OC)OC. The summed E-state index contributed by atoms with van der Waals surface area (Å²) >= 11 is 0. The van der Waals surface area contributed by atoms with E-state index in [-0.39, 0.29) is 12.1 Å². The minimum atomic E-state index is -2.69. The van der Waals surface area contributed by atoms with Crippen LogP contribution in [0.3, 0.4) is 0 Å². The Morgan fingerprint density at radius 2 is 1.14 bits per heavy atom. The molecule has 0 amide bonds. The lowest BCUT2D eigenvalue weighted by Gasteiger charge is -2.31. The van der Waals surface area contributed by atoms with Crippen LogP contribution in [-0.2, 0) is 13.3 Å². The predicted molar refractivity (Wildman–Crippen MR) is 94.1 cm³/mol. The van der Waals surface area contributed by atoms with E-state index >= 15 is 0 Å². The van der Waals surface area contributed by atoms with Crippen LogP contribution in [0.2, 0.25) is 5.54 Å². The van der Waals surface area contributed by atoms with Crippen LogP contribution in [-0.4, -0.2) is 41.8 Å². The van der Waals surface area contributed by atoms with Gasteiger partial charge in [0.2, 0.25) is 0 Å². The minimum absolute atomic E-state index is 0.0125. The summed E-state index contributed by atoms with van der Waals surface area (Å²) in [4.78, 5) is 0. The fourth-order valence-electron chi connectivity index (χ4n) is 3.01. The van der Waals surface area contributed by atoms with E-state index in [1.807, 2.05) is 0 Å². The van der Waals surface area contributed by atoms with Crippen LogP contribution in [0, 0.1) is 0 Å². The summed E-state index contributed by atoms with van der Waals surface area (Å²) in [6, 6.07) is 0. The highest BCUT2D eigenvalue weighted by Crippen LogP contribution is 2.29. The maximum Gasteiger partial charge on any atom is 0.505 e. The Balaban J connectivity index is 3.71. The van der Waals surface area contributed by atoms with Gasteiger partial charge in [-0.3, -0.25) is 0 Å². The highest BCUT2D eigenvalue weighted by atomic mass is 28.4. The van der Waals surface area contributed by atoms with Gasteiger partial charge in [-0.2, -0.15) is 0 Å². The van der Waals surface area contributed by atoms with Crippen molar-refractivity contribution in [2.24, 2.45) is 0 Å². The second-order valence-corrected chi connectivity index (χ2v) is 9.31. The van der Waals surface area contributed by atoms with Gasteiger partial charge >= 0.3 is 8.80 Å². The van der Waals surface area contributed by atoms with Gasteiger partial charge in [-0.15, -0.1) is 0 Å². The molecule has 0 aromatic heterocycles. The van der Waals surface area contributed by atoms with E-state index in [0.717, 1.165) is 12.8 Å². The van der Waals surface area contributed by atoms with Gasteiger partial charge in [0.25, 0.3) is 0 Å². The van der Waals surface area contributed by atoms with E-state index in [4.69, 9.17) is 13.3 Å². The second-order valence-electron chi connectivity index (χ2n) is 6.07. The molecule has 0 rings (SSSR count). The molecule has 1 unspecified atom stereocenters. The predicted octanol–water partition coefficient (Wildman–Crippen LogP) is 4.54. The number of unbranched alkanes of at least 4 members (excludes halogenated alkanes) is 9. The van der Waals surface area contributed by atoms with Gasteiger partial charge in [0, 0.05) is 21.3 Å². The number of rotatable bonds is 16. The number of aliphatic hydroxyl groups is 1. The fraction of sp³-hybridized carbons (Fsp3) is 1.00. The first-order chi connectivity index (χ1) is 10.7. The van der Waals surface area contributed by atoms with Crippen LogP contribution in [0.25, 0.3) is 0 Å². The molecule has 4 nitrogen and oxygen atoms in total. The largest absolute Gasteiger partial charge is 0.505 e. The summed E-state index contributed by atoms with van der Waals surface area (Å²) in [5.74, 6) is 0. The standard InChI is InChI=1S/C17H38O4Si/c1-5-6-7-8-9-10-11-12-13-14-15-17(16-18)22(19-2,20-3)21-4/h17-18H,5-16H2,1-4H3. The maximum atomic E-state index is 9.59. The van der Waals surface area contributed by atoms with Crippen LogP contribution in [0.4, 0.5) is 0 Å². The Kier molecular flexibility index (Phi) is 14.7.